The maximum Gasteiger partial charge on any atom is 0.119 e. The second kappa shape index (κ2) is 5.02. The Morgan fingerprint density at radius 1 is 0.938 bits per heavy atom. The van der Waals surface area contributed by atoms with Crippen LogP contribution in [0.2, 0.25) is 0 Å². The molecule has 2 aromatic carbocycles. The lowest BCUT2D eigenvalue weighted by Crippen LogP contribution is -1.91. The molecular formula is C15H18O. The molecule has 0 N–H and O–H groups in total. The fraction of sp³-hybridized carbons (Fsp3) is 0.333. The quantitative estimate of drug-likeness (QED) is 0.741. The van der Waals surface area contributed by atoms with E-state index in [-0.39, 0.29) is 0 Å². The molecule has 0 radical (unpaired) electrons. The van der Waals surface area contributed by atoms with Crippen LogP contribution < -0.4 is 4.74 Å². The minimum atomic E-state index is 0.722. The molecule has 0 atom stereocenters. The molecule has 0 bridgehead atoms. The van der Waals surface area contributed by atoms with E-state index in [1.807, 2.05) is 13.0 Å². The molecule has 2 rings (SSSR count). The zero-order valence-corrected chi connectivity index (χ0v) is 9.99. The van der Waals surface area contributed by atoms with Crippen molar-refractivity contribution in [1.29, 1.82) is 0 Å². The van der Waals surface area contributed by atoms with E-state index >= 15 is 0 Å². The highest BCUT2D eigenvalue weighted by Crippen LogP contribution is 2.22. The molecule has 0 saturated carbocycles. The standard InChI is InChI=1S/C15H18O/c1-3-5-12-6-7-14-11-15(16-4-2)9-8-13(14)10-12/h6-11H,3-5H2,1-2H3. The molecule has 1 heteroatoms. The first-order valence-corrected chi connectivity index (χ1v) is 5.99. The van der Waals surface area contributed by atoms with Crippen molar-refractivity contribution in [3.8, 4) is 5.75 Å². The van der Waals surface area contributed by atoms with Crippen molar-refractivity contribution in [2.75, 3.05) is 6.61 Å². The van der Waals surface area contributed by atoms with Crippen molar-refractivity contribution >= 4 is 10.8 Å². The van der Waals surface area contributed by atoms with E-state index in [1.165, 1.54) is 22.8 Å². The van der Waals surface area contributed by atoms with Crippen molar-refractivity contribution in [3.05, 3.63) is 42.0 Å². The van der Waals surface area contributed by atoms with Gasteiger partial charge in [-0.25, -0.2) is 0 Å². The van der Waals surface area contributed by atoms with Gasteiger partial charge in [-0.05, 0) is 41.8 Å². The van der Waals surface area contributed by atoms with Gasteiger partial charge in [-0.1, -0.05) is 37.6 Å². The highest BCUT2D eigenvalue weighted by atomic mass is 16.5. The molecule has 0 spiro atoms. The summed E-state index contributed by atoms with van der Waals surface area (Å²) in [6.07, 6.45) is 2.35. The minimum absolute atomic E-state index is 0.722. The zero-order chi connectivity index (χ0) is 11.4. The van der Waals surface area contributed by atoms with Crippen LogP contribution in [0.5, 0.6) is 5.75 Å². The normalized spacial score (nSPS) is 10.6. The number of hydrogen-bond acceptors (Lipinski definition) is 1. The van der Waals surface area contributed by atoms with Gasteiger partial charge in [0.15, 0.2) is 0 Å². The first-order chi connectivity index (χ1) is 7.83. The van der Waals surface area contributed by atoms with Crippen molar-refractivity contribution in [3.63, 3.8) is 0 Å². The average molecular weight is 214 g/mol. The van der Waals surface area contributed by atoms with Gasteiger partial charge in [-0.2, -0.15) is 0 Å². The molecule has 84 valence electrons. The molecule has 16 heavy (non-hydrogen) atoms. The van der Waals surface area contributed by atoms with Crippen LogP contribution in [0.25, 0.3) is 10.8 Å². The number of fused-ring (bicyclic) bond motifs is 1. The Bertz CT molecular complexity index is 429. The summed E-state index contributed by atoms with van der Waals surface area (Å²) in [7, 11) is 0. The van der Waals surface area contributed by atoms with Crippen molar-refractivity contribution in [2.24, 2.45) is 0 Å². The van der Waals surface area contributed by atoms with Gasteiger partial charge in [0.25, 0.3) is 0 Å². The minimum Gasteiger partial charge on any atom is -0.494 e. The molecule has 0 amide bonds. The second-order valence-corrected chi connectivity index (χ2v) is 4.03. The number of hydrogen-bond donors (Lipinski definition) is 0. The molecule has 2 aromatic rings. The lowest BCUT2D eigenvalue weighted by atomic mass is 10.0. The van der Waals surface area contributed by atoms with E-state index in [1.54, 1.807) is 0 Å². The van der Waals surface area contributed by atoms with Crippen molar-refractivity contribution < 1.29 is 4.74 Å². The number of benzene rings is 2. The summed E-state index contributed by atoms with van der Waals surface area (Å²) >= 11 is 0. The van der Waals surface area contributed by atoms with Crippen LogP contribution in [0.3, 0.4) is 0 Å². The third-order valence-electron chi connectivity index (χ3n) is 2.73. The Labute approximate surface area is 97.1 Å². The molecule has 1 nitrogen and oxygen atoms in total. The van der Waals surface area contributed by atoms with Crippen LogP contribution in [0.1, 0.15) is 25.8 Å². The lowest BCUT2D eigenvalue weighted by Gasteiger charge is -2.06. The Morgan fingerprint density at radius 3 is 2.44 bits per heavy atom. The van der Waals surface area contributed by atoms with Crippen LogP contribution in [0.4, 0.5) is 0 Å². The zero-order valence-electron chi connectivity index (χ0n) is 9.99. The lowest BCUT2D eigenvalue weighted by molar-refractivity contribution is 0.341. The third-order valence-corrected chi connectivity index (χ3v) is 2.73. The Hall–Kier alpha value is -1.50. The average Bonchev–Trinajstić information content (AvgIpc) is 2.30. The predicted octanol–water partition coefficient (Wildman–Crippen LogP) is 4.19. The van der Waals surface area contributed by atoms with E-state index in [9.17, 15) is 0 Å². The summed E-state index contributed by atoms with van der Waals surface area (Å²) in [6, 6.07) is 13.0. The van der Waals surface area contributed by atoms with E-state index in [2.05, 4.69) is 37.3 Å². The molecule has 0 aliphatic carbocycles. The van der Waals surface area contributed by atoms with Crippen molar-refractivity contribution in [1.82, 2.24) is 0 Å². The van der Waals surface area contributed by atoms with Gasteiger partial charge < -0.3 is 4.74 Å². The van der Waals surface area contributed by atoms with Crippen LogP contribution in [-0.4, -0.2) is 6.61 Å². The first-order valence-electron chi connectivity index (χ1n) is 5.99. The van der Waals surface area contributed by atoms with Gasteiger partial charge in [0.2, 0.25) is 0 Å². The third kappa shape index (κ3) is 2.35. The van der Waals surface area contributed by atoms with Gasteiger partial charge in [0.1, 0.15) is 5.75 Å². The highest BCUT2D eigenvalue weighted by Gasteiger charge is 1.98. The van der Waals surface area contributed by atoms with Crippen LogP contribution in [0, 0.1) is 0 Å². The molecule has 0 aliphatic heterocycles. The number of aryl methyl sites for hydroxylation is 1. The topological polar surface area (TPSA) is 9.23 Å². The molecule has 0 aliphatic rings. The van der Waals surface area contributed by atoms with Gasteiger partial charge in [-0.15, -0.1) is 0 Å². The van der Waals surface area contributed by atoms with Gasteiger partial charge in [-0.3, -0.25) is 0 Å². The van der Waals surface area contributed by atoms with E-state index < -0.39 is 0 Å². The summed E-state index contributed by atoms with van der Waals surface area (Å²) in [4.78, 5) is 0. The van der Waals surface area contributed by atoms with Gasteiger partial charge >= 0.3 is 0 Å². The fourth-order valence-electron chi connectivity index (χ4n) is 1.97. The van der Waals surface area contributed by atoms with Gasteiger partial charge in [0, 0.05) is 0 Å². The Kier molecular flexibility index (Phi) is 3.45. The Balaban J connectivity index is 2.36. The van der Waals surface area contributed by atoms with Crippen molar-refractivity contribution in [2.45, 2.75) is 26.7 Å². The highest BCUT2D eigenvalue weighted by molar-refractivity contribution is 5.84. The fourth-order valence-corrected chi connectivity index (χ4v) is 1.97. The van der Waals surface area contributed by atoms with Crippen LogP contribution >= 0.6 is 0 Å². The first kappa shape index (κ1) is 11.0. The smallest absolute Gasteiger partial charge is 0.119 e. The number of rotatable bonds is 4. The van der Waals surface area contributed by atoms with Crippen LogP contribution in [0.15, 0.2) is 36.4 Å². The van der Waals surface area contributed by atoms with Gasteiger partial charge in [0.05, 0.1) is 6.61 Å². The summed E-state index contributed by atoms with van der Waals surface area (Å²) in [5.41, 5.74) is 1.42. The second-order valence-electron chi connectivity index (χ2n) is 4.03. The molecular weight excluding hydrogens is 196 g/mol. The summed E-state index contributed by atoms with van der Waals surface area (Å²) < 4.78 is 5.49. The summed E-state index contributed by atoms with van der Waals surface area (Å²) in [5, 5.41) is 2.56. The molecule has 0 fully saturated rings. The maximum absolute atomic E-state index is 5.49. The molecule has 0 aromatic heterocycles. The summed E-state index contributed by atoms with van der Waals surface area (Å²) in [6.45, 7) is 4.94. The molecule has 0 saturated heterocycles. The van der Waals surface area contributed by atoms with E-state index in [4.69, 9.17) is 4.74 Å². The maximum atomic E-state index is 5.49. The van der Waals surface area contributed by atoms with Crippen LogP contribution in [-0.2, 0) is 6.42 Å². The number of ether oxygens (including phenoxy) is 1. The predicted molar refractivity (Wildman–Crippen MR) is 69.1 cm³/mol. The molecule has 0 heterocycles. The van der Waals surface area contributed by atoms with E-state index in [0.717, 1.165) is 18.8 Å². The monoisotopic (exact) mass is 214 g/mol. The molecule has 0 unspecified atom stereocenters. The summed E-state index contributed by atoms with van der Waals surface area (Å²) in [5.74, 6) is 0.957. The SMILES string of the molecule is CCCc1ccc2cc(OCC)ccc2c1. The van der Waals surface area contributed by atoms with E-state index in [0.29, 0.717) is 0 Å². The largest absolute Gasteiger partial charge is 0.494 e. The Morgan fingerprint density at radius 2 is 1.69 bits per heavy atom.